The third kappa shape index (κ3) is 2.76. The van der Waals surface area contributed by atoms with Crippen LogP contribution in [0.3, 0.4) is 0 Å². The SMILES string of the molecule is O=C(O)c1csc(Nc2cc(F)cc(F)c2)n1. The van der Waals surface area contributed by atoms with E-state index in [1.807, 2.05) is 0 Å². The van der Waals surface area contributed by atoms with Crippen LogP contribution in [-0.2, 0) is 0 Å². The Balaban J connectivity index is 2.22. The van der Waals surface area contributed by atoms with E-state index in [9.17, 15) is 13.6 Å². The highest BCUT2D eigenvalue weighted by Gasteiger charge is 2.09. The summed E-state index contributed by atoms with van der Waals surface area (Å²) >= 11 is 1.04. The second-order valence-corrected chi connectivity index (χ2v) is 3.98. The number of aromatic nitrogens is 1. The number of thiazole rings is 1. The van der Waals surface area contributed by atoms with E-state index in [4.69, 9.17) is 5.11 Å². The average Bonchev–Trinajstić information content (AvgIpc) is 2.64. The fraction of sp³-hybridized carbons (Fsp3) is 0. The van der Waals surface area contributed by atoms with Crippen molar-refractivity contribution in [3.05, 3.63) is 40.9 Å². The van der Waals surface area contributed by atoms with E-state index in [0.717, 1.165) is 29.5 Å². The van der Waals surface area contributed by atoms with Crippen molar-refractivity contribution in [3.63, 3.8) is 0 Å². The van der Waals surface area contributed by atoms with Gasteiger partial charge in [0.1, 0.15) is 11.6 Å². The number of halogens is 2. The molecule has 1 aromatic carbocycles. The predicted octanol–water partition coefficient (Wildman–Crippen LogP) is 2.86. The molecule has 1 aromatic heterocycles. The highest BCUT2D eigenvalue weighted by atomic mass is 32.1. The van der Waals surface area contributed by atoms with Crippen LogP contribution >= 0.6 is 11.3 Å². The number of benzene rings is 1. The zero-order valence-corrected chi connectivity index (χ0v) is 9.09. The van der Waals surface area contributed by atoms with Gasteiger partial charge in [0, 0.05) is 17.1 Å². The van der Waals surface area contributed by atoms with Crippen LogP contribution in [0.15, 0.2) is 23.6 Å². The van der Waals surface area contributed by atoms with Gasteiger partial charge in [-0.2, -0.15) is 0 Å². The molecule has 4 nitrogen and oxygen atoms in total. The minimum atomic E-state index is -1.15. The van der Waals surface area contributed by atoms with Gasteiger partial charge in [0.2, 0.25) is 0 Å². The predicted molar refractivity (Wildman–Crippen MR) is 58.7 cm³/mol. The van der Waals surface area contributed by atoms with Crippen molar-refractivity contribution >= 4 is 28.1 Å². The number of rotatable bonds is 3. The van der Waals surface area contributed by atoms with Crippen LogP contribution in [0.4, 0.5) is 19.6 Å². The number of anilines is 2. The summed E-state index contributed by atoms with van der Waals surface area (Å²) in [5.41, 5.74) is 0.0585. The summed E-state index contributed by atoms with van der Waals surface area (Å²) in [5.74, 6) is -2.59. The van der Waals surface area contributed by atoms with Crippen molar-refractivity contribution < 1.29 is 18.7 Å². The Bertz CT molecular complexity index is 551. The van der Waals surface area contributed by atoms with Crippen LogP contribution in [0.5, 0.6) is 0 Å². The molecule has 0 unspecified atom stereocenters. The van der Waals surface area contributed by atoms with Gasteiger partial charge in [-0.25, -0.2) is 18.6 Å². The number of hydrogen-bond acceptors (Lipinski definition) is 4. The van der Waals surface area contributed by atoms with Gasteiger partial charge in [-0.05, 0) is 12.1 Å². The lowest BCUT2D eigenvalue weighted by molar-refractivity contribution is 0.0691. The van der Waals surface area contributed by atoms with Crippen LogP contribution in [0.1, 0.15) is 10.5 Å². The number of carbonyl (C=O) groups is 1. The third-order valence-corrected chi connectivity index (χ3v) is 2.59. The number of nitrogens with zero attached hydrogens (tertiary/aromatic N) is 1. The van der Waals surface area contributed by atoms with Crippen LogP contribution in [0.2, 0.25) is 0 Å². The monoisotopic (exact) mass is 256 g/mol. The lowest BCUT2D eigenvalue weighted by atomic mass is 10.3. The van der Waals surface area contributed by atoms with Crippen molar-refractivity contribution in [2.75, 3.05) is 5.32 Å². The highest BCUT2D eigenvalue weighted by Crippen LogP contribution is 2.22. The van der Waals surface area contributed by atoms with E-state index in [2.05, 4.69) is 10.3 Å². The first-order chi connectivity index (χ1) is 8.04. The second kappa shape index (κ2) is 4.46. The minimum absolute atomic E-state index is 0.116. The number of carboxylic acid groups (broad SMARTS) is 1. The van der Waals surface area contributed by atoms with E-state index >= 15 is 0 Å². The molecule has 88 valence electrons. The fourth-order valence-electron chi connectivity index (χ4n) is 1.18. The van der Waals surface area contributed by atoms with E-state index in [1.165, 1.54) is 5.38 Å². The fourth-order valence-corrected chi connectivity index (χ4v) is 1.88. The Hall–Kier alpha value is -2.02. The molecule has 0 radical (unpaired) electrons. The average molecular weight is 256 g/mol. The lowest BCUT2D eigenvalue weighted by Gasteiger charge is -2.02. The Labute approximate surface area is 98.6 Å². The summed E-state index contributed by atoms with van der Waals surface area (Å²) in [5, 5.41) is 12.9. The molecule has 2 N–H and O–H groups in total. The Morgan fingerprint density at radius 2 is 1.94 bits per heavy atom. The molecule has 0 atom stereocenters. The maximum Gasteiger partial charge on any atom is 0.355 e. The molecule has 0 fully saturated rings. The maximum atomic E-state index is 12.9. The van der Waals surface area contributed by atoms with Crippen LogP contribution < -0.4 is 5.32 Å². The van der Waals surface area contributed by atoms with Gasteiger partial charge in [-0.3, -0.25) is 0 Å². The van der Waals surface area contributed by atoms with Gasteiger partial charge in [0.15, 0.2) is 10.8 Å². The molecule has 0 amide bonds. The molecule has 1 heterocycles. The standard InChI is InChI=1S/C10H6F2N2O2S/c11-5-1-6(12)3-7(2-5)13-10-14-8(4-17-10)9(15)16/h1-4H,(H,13,14)(H,15,16). The van der Waals surface area contributed by atoms with Gasteiger partial charge in [0.05, 0.1) is 0 Å². The van der Waals surface area contributed by atoms with Gasteiger partial charge < -0.3 is 10.4 Å². The summed E-state index contributed by atoms with van der Waals surface area (Å²) in [7, 11) is 0. The van der Waals surface area contributed by atoms with Crippen molar-refractivity contribution in [3.8, 4) is 0 Å². The molecule has 0 aliphatic rings. The third-order valence-electron chi connectivity index (χ3n) is 1.84. The first kappa shape index (κ1) is 11.5. The Morgan fingerprint density at radius 3 is 2.47 bits per heavy atom. The summed E-state index contributed by atoms with van der Waals surface area (Å²) in [6.07, 6.45) is 0. The summed E-state index contributed by atoms with van der Waals surface area (Å²) in [4.78, 5) is 14.3. The topological polar surface area (TPSA) is 62.2 Å². The number of nitrogens with one attached hydrogen (secondary N) is 1. The normalized spacial score (nSPS) is 10.2. The first-order valence-electron chi connectivity index (χ1n) is 4.46. The molecule has 7 heteroatoms. The molecule has 0 aliphatic heterocycles. The van der Waals surface area contributed by atoms with Gasteiger partial charge in [0.25, 0.3) is 0 Å². The lowest BCUT2D eigenvalue weighted by Crippen LogP contribution is -1.97. The number of aromatic carboxylic acids is 1. The van der Waals surface area contributed by atoms with Gasteiger partial charge in [-0.15, -0.1) is 11.3 Å². The first-order valence-corrected chi connectivity index (χ1v) is 5.34. The summed E-state index contributed by atoms with van der Waals surface area (Å²) in [6, 6.07) is 2.92. The minimum Gasteiger partial charge on any atom is -0.476 e. The van der Waals surface area contributed by atoms with Gasteiger partial charge in [-0.1, -0.05) is 0 Å². The summed E-state index contributed by atoms with van der Waals surface area (Å²) in [6.45, 7) is 0. The van der Waals surface area contributed by atoms with E-state index in [-0.39, 0.29) is 16.5 Å². The molecule has 0 spiro atoms. The molecule has 0 bridgehead atoms. The largest absolute Gasteiger partial charge is 0.476 e. The van der Waals surface area contributed by atoms with Crippen molar-refractivity contribution in [1.82, 2.24) is 4.98 Å². The van der Waals surface area contributed by atoms with Crippen molar-refractivity contribution in [2.24, 2.45) is 0 Å². The van der Waals surface area contributed by atoms with Gasteiger partial charge >= 0.3 is 5.97 Å². The smallest absolute Gasteiger partial charge is 0.355 e. The molecule has 0 saturated carbocycles. The van der Waals surface area contributed by atoms with Crippen molar-refractivity contribution in [2.45, 2.75) is 0 Å². The van der Waals surface area contributed by atoms with Crippen molar-refractivity contribution in [1.29, 1.82) is 0 Å². The number of hydrogen-bond donors (Lipinski definition) is 2. The highest BCUT2D eigenvalue weighted by molar-refractivity contribution is 7.14. The van der Waals surface area contributed by atoms with Crippen LogP contribution in [-0.4, -0.2) is 16.1 Å². The molecule has 2 aromatic rings. The quantitative estimate of drug-likeness (QED) is 0.886. The van der Waals surface area contributed by atoms with E-state index in [1.54, 1.807) is 0 Å². The van der Waals surface area contributed by atoms with Crippen LogP contribution in [0.25, 0.3) is 0 Å². The molecular formula is C10H6F2N2O2S. The molecular weight excluding hydrogens is 250 g/mol. The Morgan fingerprint density at radius 1 is 1.29 bits per heavy atom. The van der Waals surface area contributed by atoms with E-state index < -0.39 is 17.6 Å². The second-order valence-electron chi connectivity index (χ2n) is 3.13. The summed E-state index contributed by atoms with van der Waals surface area (Å²) < 4.78 is 25.7. The zero-order valence-electron chi connectivity index (χ0n) is 8.28. The van der Waals surface area contributed by atoms with Crippen LogP contribution in [0, 0.1) is 11.6 Å². The zero-order chi connectivity index (χ0) is 12.4. The van der Waals surface area contributed by atoms with E-state index in [0.29, 0.717) is 0 Å². The molecule has 2 rings (SSSR count). The maximum absolute atomic E-state index is 12.9. The number of carboxylic acids is 1. The molecule has 0 aliphatic carbocycles. The molecule has 17 heavy (non-hydrogen) atoms. The Kier molecular flexibility index (Phi) is 3.01. The molecule has 0 saturated heterocycles.